The highest BCUT2D eigenvalue weighted by molar-refractivity contribution is 5.93. The summed E-state index contributed by atoms with van der Waals surface area (Å²) < 4.78 is 45.5. The van der Waals surface area contributed by atoms with Crippen molar-refractivity contribution in [1.82, 2.24) is 0 Å². The molecule has 0 unspecified atom stereocenters. The fourth-order valence-electron chi connectivity index (χ4n) is 2.87. The van der Waals surface area contributed by atoms with E-state index in [1.54, 1.807) is 19.0 Å². The third kappa shape index (κ3) is 5.15. The number of hydrogen-bond donors (Lipinski definition) is 1. The van der Waals surface area contributed by atoms with E-state index in [1.807, 2.05) is 32.9 Å². The molecule has 0 fully saturated rings. The van der Waals surface area contributed by atoms with Crippen LogP contribution >= 0.6 is 0 Å². The molecule has 0 aliphatic carbocycles. The van der Waals surface area contributed by atoms with E-state index in [2.05, 4.69) is 5.32 Å². The van der Waals surface area contributed by atoms with Crippen molar-refractivity contribution >= 4 is 17.3 Å². The summed E-state index contributed by atoms with van der Waals surface area (Å²) in [6.07, 6.45) is -4.58. The first-order chi connectivity index (χ1) is 12.5. The van der Waals surface area contributed by atoms with Gasteiger partial charge in [-0.2, -0.15) is 13.2 Å². The van der Waals surface area contributed by atoms with Crippen LogP contribution in [0.1, 0.15) is 22.3 Å². The summed E-state index contributed by atoms with van der Waals surface area (Å²) in [6.45, 7) is 5.29. The predicted molar refractivity (Wildman–Crippen MR) is 101 cm³/mol. The van der Waals surface area contributed by atoms with Gasteiger partial charge in [0.2, 0.25) is 0 Å². The molecule has 4 nitrogen and oxygen atoms in total. The molecule has 7 heteroatoms. The van der Waals surface area contributed by atoms with Gasteiger partial charge in [0.15, 0.2) is 6.61 Å². The Hall–Kier alpha value is -2.70. The minimum Gasteiger partial charge on any atom is -0.483 e. The van der Waals surface area contributed by atoms with Crippen LogP contribution in [0, 0.1) is 20.8 Å². The molecule has 0 aromatic heterocycles. The second kappa shape index (κ2) is 7.90. The normalized spacial score (nSPS) is 11.3. The van der Waals surface area contributed by atoms with Gasteiger partial charge >= 0.3 is 6.18 Å². The van der Waals surface area contributed by atoms with Gasteiger partial charge < -0.3 is 15.0 Å². The van der Waals surface area contributed by atoms with Crippen molar-refractivity contribution in [3.63, 3.8) is 0 Å². The number of nitrogens with zero attached hydrogens (tertiary/aromatic N) is 1. The number of carbonyl (C=O) groups is 1. The summed E-state index contributed by atoms with van der Waals surface area (Å²) in [5.74, 6) is -0.0905. The van der Waals surface area contributed by atoms with Crippen molar-refractivity contribution in [1.29, 1.82) is 0 Å². The van der Waals surface area contributed by atoms with Crippen molar-refractivity contribution in [3.8, 4) is 5.75 Å². The van der Waals surface area contributed by atoms with Crippen molar-refractivity contribution in [2.45, 2.75) is 26.9 Å². The topological polar surface area (TPSA) is 41.6 Å². The number of aryl methyl sites for hydroxylation is 3. The monoisotopic (exact) mass is 380 g/mol. The summed E-state index contributed by atoms with van der Waals surface area (Å²) in [7, 11) is 3.29. The highest BCUT2D eigenvalue weighted by Gasteiger charge is 2.34. The summed E-state index contributed by atoms with van der Waals surface area (Å²) >= 11 is 0. The lowest BCUT2D eigenvalue weighted by atomic mass is 10.1. The second-order valence-corrected chi connectivity index (χ2v) is 6.69. The third-order valence-corrected chi connectivity index (χ3v) is 4.05. The average molecular weight is 380 g/mol. The number of hydrogen-bond acceptors (Lipinski definition) is 3. The Kier molecular flexibility index (Phi) is 6.03. The van der Waals surface area contributed by atoms with Crippen molar-refractivity contribution in [3.05, 3.63) is 52.6 Å². The number of amides is 1. The molecular weight excluding hydrogens is 357 g/mol. The molecule has 1 amide bonds. The minimum absolute atomic E-state index is 0.293. The van der Waals surface area contributed by atoms with Crippen LogP contribution in [0.5, 0.6) is 5.75 Å². The first kappa shape index (κ1) is 20.6. The summed E-state index contributed by atoms with van der Waals surface area (Å²) in [6, 6.07) is 7.60. The van der Waals surface area contributed by atoms with Crippen LogP contribution in [-0.4, -0.2) is 26.6 Å². The lowest BCUT2D eigenvalue weighted by Gasteiger charge is -2.19. The molecule has 0 bridgehead atoms. The Morgan fingerprint density at radius 1 is 1.07 bits per heavy atom. The number of alkyl halides is 3. The Morgan fingerprint density at radius 2 is 1.67 bits per heavy atom. The molecule has 27 heavy (non-hydrogen) atoms. The zero-order valence-electron chi connectivity index (χ0n) is 16.0. The van der Waals surface area contributed by atoms with E-state index < -0.39 is 17.6 Å². The molecule has 0 saturated carbocycles. The van der Waals surface area contributed by atoms with Crippen LogP contribution in [0.3, 0.4) is 0 Å². The molecular formula is C20H23F3N2O2. The molecule has 0 heterocycles. The fourth-order valence-corrected chi connectivity index (χ4v) is 2.87. The average Bonchev–Trinajstić information content (AvgIpc) is 2.52. The lowest BCUT2D eigenvalue weighted by molar-refractivity contribution is -0.137. The molecule has 146 valence electrons. The van der Waals surface area contributed by atoms with Gasteiger partial charge in [0.1, 0.15) is 5.75 Å². The number of nitrogens with one attached hydrogen (secondary N) is 1. The molecule has 0 saturated heterocycles. The van der Waals surface area contributed by atoms with Gasteiger partial charge in [0.25, 0.3) is 5.91 Å². The van der Waals surface area contributed by atoms with Crippen LogP contribution in [0.15, 0.2) is 30.3 Å². The van der Waals surface area contributed by atoms with Gasteiger partial charge in [-0.15, -0.1) is 0 Å². The molecule has 1 N–H and O–H groups in total. The molecule has 0 spiro atoms. The van der Waals surface area contributed by atoms with E-state index in [9.17, 15) is 18.0 Å². The van der Waals surface area contributed by atoms with E-state index in [4.69, 9.17) is 4.74 Å². The van der Waals surface area contributed by atoms with Gasteiger partial charge in [-0.1, -0.05) is 17.7 Å². The molecule has 2 aromatic carbocycles. The predicted octanol–water partition coefficient (Wildman–Crippen LogP) is 4.71. The molecule has 0 aliphatic heterocycles. The smallest absolute Gasteiger partial charge is 0.418 e. The van der Waals surface area contributed by atoms with Gasteiger partial charge in [-0.3, -0.25) is 4.79 Å². The quantitative estimate of drug-likeness (QED) is 0.817. The Bertz CT molecular complexity index is 823. The largest absolute Gasteiger partial charge is 0.483 e. The Balaban J connectivity index is 2.16. The molecule has 0 atom stereocenters. The summed E-state index contributed by atoms with van der Waals surface area (Å²) in [4.78, 5) is 13.7. The molecule has 2 rings (SSSR count). The highest BCUT2D eigenvalue weighted by Crippen LogP contribution is 2.37. The van der Waals surface area contributed by atoms with E-state index in [-0.39, 0.29) is 12.3 Å². The lowest BCUT2D eigenvalue weighted by Crippen LogP contribution is -2.23. The van der Waals surface area contributed by atoms with E-state index in [0.29, 0.717) is 11.4 Å². The maximum Gasteiger partial charge on any atom is 0.418 e. The minimum atomic E-state index is -4.58. The van der Waals surface area contributed by atoms with Gasteiger partial charge in [-0.05, 0) is 50.1 Å². The standard InChI is InChI=1S/C20H23F3N2O2/c1-12-8-13(2)19(14(3)9-12)27-11-18(26)24-17-7-6-15(25(4)5)10-16(17)20(21,22)23/h6-10H,11H2,1-5H3,(H,24,26). The highest BCUT2D eigenvalue weighted by atomic mass is 19.4. The maximum atomic E-state index is 13.3. The van der Waals surface area contributed by atoms with Crippen LogP contribution in [0.2, 0.25) is 0 Å². The number of benzene rings is 2. The van der Waals surface area contributed by atoms with Gasteiger partial charge in [0, 0.05) is 19.8 Å². The van der Waals surface area contributed by atoms with Crippen LogP contribution in [0.25, 0.3) is 0 Å². The van der Waals surface area contributed by atoms with Crippen molar-refractivity contribution in [2.75, 3.05) is 30.9 Å². The number of anilines is 2. The Morgan fingerprint density at radius 3 is 2.19 bits per heavy atom. The zero-order valence-corrected chi connectivity index (χ0v) is 16.0. The van der Waals surface area contributed by atoms with Gasteiger partial charge in [0.05, 0.1) is 11.3 Å². The SMILES string of the molecule is Cc1cc(C)c(OCC(=O)Nc2ccc(N(C)C)cc2C(F)(F)F)c(C)c1. The number of halogens is 3. The van der Waals surface area contributed by atoms with Crippen LogP contribution in [0.4, 0.5) is 24.5 Å². The third-order valence-electron chi connectivity index (χ3n) is 4.05. The van der Waals surface area contributed by atoms with E-state index >= 15 is 0 Å². The van der Waals surface area contributed by atoms with E-state index in [0.717, 1.165) is 22.8 Å². The van der Waals surface area contributed by atoms with Gasteiger partial charge in [-0.25, -0.2) is 0 Å². The maximum absolute atomic E-state index is 13.3. The number of ether oxygens (including phenoxy) is 1. The molecule has 0 radical (unpaired) electrons. The van der Waals surface area contributed by atoms with Crippen LogP contribution in [-0.2, 0) is 11.0 Å². The molecule has 0 aliphatic rings. The molecule has 2 aromatic rings. The van der Waals surface area contributed by atoms with Crippen LogP contribution < -0.4 is 15.0 Å². The summed E-state index contributed by atoms with van der Waals surface area (Å²) in [5.41, 5.74) is 2.00. The first-order valence-corrected chi connectivity index (χ1v) is 8.38. The number of rotatable bonds is 5. The summed E-state index contributed by atoms with van der Waals surface area (Å²) in [5, 5.41) is 2.30. The Labute approximate surface area is 156 Å². The number of carbonyl (C=O) groups excluding carboxylic acids is 1. The van der Waals surface area contributed by atoms with E-state index in [1.165, 1.54) is 12.1 Å². The van der Waals surface area contributed by atoms with Crippen molar-refractivity contribution < 1.29 is 22.7 Å². The van der Waals surface area contributed by atoms with Crippen molar-refractivity contribution in [2.24, 2.45) is 0 Å². The first-order valence-electron chi connectivity index (χ1n) is 8.38. The zero-order chi connectivity index (χ0) is 20.4. The fraction of sp³-hybridized carbons (Fsp3) is 0.350. The second-order valence-electron chi connectivity index (χ2n) is 6.69.